The van der Waals surface area contributed by atoms with E-state index in [1.807, 2.05) is 42.5 Å². The number of ether oxygens (including phenoxy) is 2. The number of para-hydroxylation sites is 4. The summed E-state index contributed by atoms with van der Waals surface area (Å²) in [6.07, 6.45) is -0.184. The van der Waals surface area contributed by atoms with Crippen molar-refractivity contribution in [1.29, 1.82) is 0 Å². The normalized spacial score (nSPS) is 19.3. The second-order valence-corrected chi connectivity index (χ2v) is 7.05. The summed E-state index contributed by atoms with van der Waals surface area (Å²) in [5.41, 5.74) is 0.848. The molecule has 7 heteroatoms. The minimum Gasteiger partial charge on any atom is -0.506 e. The maximum Gasteiger partial charge on any atom is 0.234 e. The zero-order chi connectivity index (χ0) is 19.3. The van der Waals surface area contributed by atoms with Crippen molar-refractivity contribution in [2.75, 3.05) is 50.8 Å². The van der Waals surface area contributed by atoms with Crippen LogP contribution in [0, 0.1) is 0 Å². The summed E-state index contributed by atoms with van der Waals surface area (Å²) < 4.78 is 11.5. The van der Waals surface area contributed by atoms with Gasteiger partial charge in [0.25, 0.3) is 0 Å². The SMILES string of the molecule is O=C(CN1CCN(c2ccccc2O)CC1)NCC1COc2ccccc2O1. The number of phenolic OH excluding ortho intramolecular Hbond substituents is 1. The lowest BCUT2D eigenvalue weighted by Gasteiger charge is -2.36. The predicted molar refractivity (Wildman–Crippen MR) is 106 cm³/mol. The van der Waals surface area contributed by atoms with Gasteiger partial charge in [-0.1, -0.05) is 24.3 Å². The van der Waals surface area contributed by atoms with Gasteiger partial charge in [0.15, 0.2) is 11.5 Å². The van der Waals surface area contributed by atoms with E-state index >= 15 is 0 Å². The van der Waals surface area contributed by atoms with Gasteiger partial charge in [0.05, 0.1) is 18.8 Å². The fourth-order valence-electron chi connectivity index (χ4n) is 3.53. The number of carbonyl (C=O) groups excluding carboxylic acids is 1. The smallest absolute Gasteiger partial charge is 0.234 e. The number of nitrogens with one attached hydrogen (secondary N) is 1. The molecule has 1 unspecified atom stereocenters. The first-order valence-corrected chi connectivity index (χ1v) is 9.59. The monoisotopic (exact) mass is 383 g/mol. The highest BCUT2D eigenvalue weighted by Gasteiger charge is 2.23. The predicted octanol–water partition coefficient (Wildman–Crippen LogP) is 1.47. The Labute approximate surface area is 164 Å². The Bertz CT molecular complexity index is 821. The van der Waals surface area contributed by atoms with Crippen molar-refractivity contribution in [3.05, 3.63) is 48.5 Å². The quantitative estimate of drug-likeness (QED) is 0.815. The highest BCUT2D eigenvalue weighted by atomic mass is 16.6. The summed E-state index contributed by atoms with van der Waals surface area (Å²) in [4.78, 5) is 16.6. The van der Waals surface area contributed by atoms with E-state index in [0.29, 0.717) is 31.2 Å². The Morgan fingerprint density at radius 3 is 2.54 bits per heavy atom. The highest BCUT2D eigenvalue weighted by Crippen LogP contribution is 2.30. The van der Waals surface area contributed by atoms with Crippen molar-refractivity contribution in [3.63, 3.8) is 0 Å². The van der Waals surface area contributed by atoms with Gasteiger partial charge in [-0.25, -0.2) is 0 Å². The van der Waals surface area contributed by atoms with Gasteiger partial charge in [-0.3, -0.25) is 9.69 Å². The van der Waals surface area contributed by atoms with E-state index in [0.717, 1.165) is 37.6 Å². The van der Waals surface area contributed by atoms with Crippen molar-refractivity contribution in [1.82, 2.24) is 10.2 Å². The zero-order valence-corrected chi connectivity index (χ0v) is 15.7. The highest BCUT2D eigenvalue weighted by molar-refractivity contribution is 5.78. The fraction of sp³-hybridized carbons (Fsp3) is 0.381. The number of carbonyl (C=O) groups is 1. The summed E-state index contributed by atoms with van der Waals surface area (Å²) >= 11 is 0. The molecular weight excluding hydrogens is 358 g/mol. The van der Waals surface area contributed by atoms with Gasteiger partial charge in [0, 0.05) is 26.2 Å². The molecule has 0 spiro atoms. The Morgan fingerprint density at radius 2 is 1.75 bits per heavy atom. The van der Waals surface area contributed by atoms with Crippen LogP contribution < -0.4 is 19.7 Å². The standard InChI is InChI=1S/C21H25N3O4/c25-18-6-2-1-5-17(18)24-11-9-23(10-12-24)14-21(26)22-13-16-15-27-19-7-3-4-8-20(19)28-16/h1-8,16,25H,9-15H2,(H,22,26). The number of nitrogens with zero attached hydrogens (tertiary/aromatic N) is 2. The molecule has 0 aromatic heterocycles. The van der Waals surface area contributed by atoms with Gasteiger partial charge in [-0.2, -0.15) is 0 Å². The third kappa shape index (κ3) is 4.31. The van der Waals surface area contributed by atoms with Crippen LogP contribution in [0.15, 0.2) is 48.5 Å². The molecular formula is C21H25N3O4. The molecule has 1 saturated heterocycles. The largest absolute Gasteiger partial charge is 0.506 e. The second-order valence-electron chi connectivity index (χ2n) is 7.05. The Kier molecular flexibility index (Phi) is 5.53. The van der Waals surface area contributed by atoms with Gasteiger partial charge in [-0.15, -0.1) is 0 Å². The first kappa shape index (κ1) is 18.4. The van der Waals surface area contributed by atoms with Crippen molar-refractivity contribution in [2.45, 2.75) is 6.10 Å². The number of anilines is 1. The summed E-state index contributed by atoms with van der Waals surface area (Å²) in [7, 11) is 0. The number of hydrogen-bond donors (Lipinski definition) is 2. The molecule has 2 aliphatic rings. The maximum atomic E-state index is 12.3. The Hall–Kier alpha value is -2.93. The number of fused-ring (bicyclic) bond motifs is 1. The molecule has 2 N–H and O–H groups in total. The Morgan fingerprint density at radius 1 is 1.04 bits per heavy atom. The first-order valence-electron chi connectivity index (χ1n) is 9.59. The summed E-state index contributed by atoms with van der Waals surface area (Å²) in [6, 6.07) is 14.9. The number of rotatable bonds is 5. The minimum absolute atomic E-state index is 0.0153. The molecule has 1 fully saturated rings. The van der Waals surface area contributed by atoms with Crippen LogP contribution in [0.25, 0.3) is 0 Å². The number of piperazine rings is 1. The Balaban J connectivity index is 1.20. The lowest BCUT2D eigenvalue weighted by Crippen LogP contribution is -2.50. The third-order valence-corrected chi connectivity index (χ3v) is 5.06. The van der Waals surface area contributed by atoms with E-state index in [9.17, 15) is 9.90 Å². The van der Waals surface area contributed by atoms with Crippen LogP contribution in [0.1, 0.15) is 0 Å². The molecule has 2 aliphatic heterocycles. The average molecular weight is 383 g/mol. The minimum atomic E-state index is -0.184. The van der Waals surface area contributed by atoms with Gasteiger partial charge in [0.1, 0.15) is 18.5 Å². The van der Waals surface area contributed by atoms with Crippen molar-refractivity contribution >= 4 is 11.6 Å². The van der Waals surface area contributed by atoms with E-state index < -0.39 is 0 Å². The molecule has 148 valence electrons. The number of amides is 1. The molecule has 0 aliphatic carbocycles. The molecule has 0 bridgehead atoms. The third-order valence-electron chi connectivity index (χ3n) is 5.06. The molecule has 2 aromatic rings. The van der Waals surface area contributed by atoms with E-state index in [1.54, 1.807) is 6.07 Å². The van der Waals surface area contributed by atoms with Crippen LogP contribution in [-0.2, 0) is 4.79 Å². The molecule has 7 nitrogen and oxygen atoms in total. The molecule has 1 atom stereocenters. The van der Waals surface area contributed by atoms with E-state index in [4.69, 9.17) is 9.47 Å². The lowest BCUT2D eigenvalue weighted by atomic mass is 10.2. The molecule has 1 amide bonds. The molecule has 2 heterocycles. The first-order chi connectivity index (χ1) is 13.7. The van der Waals surface area contributed by atoms with Crippen molar-refractivity contribution in [3.8, 4) is 17.2 Å². The number of aromatic hydroxyl groups is 1. The molecule has 2 aromatic carbocycles. The van der Waals surface area contributed by atoms with Crippen LogP contribution in [0.4, 0.5) is 5.69 Å². The van der Waals surface area contributed by atoms with Gasteiger partial charge in [0.2, 0.25) is 5.91 Å². The van der Waals surface area contributed by atoms with Crippen molar-refractivity contribution < 1.29 is 19.4 Å². The van der Waals surface area contributed by atoms with Crippen LogP contribution in [0.5, 0.6) is 17.2 Å². The molecule has 0 saturated carbocycles. The van der Waals surface area contributed by atoms with E-state index in [2.05, 4.69) is 15.1 Å². The van der Waals surface area contributed by atoms with Gasteiger partial charge >= 0.3 is 0 Å². The summed E-state index contributed by atoms with van der Waals surface area (Å²) in [5, 5.41) is 12.9. The average Bonchev–Trinajstić information content (AvgIpc) is 2.73. The van der Waals surface area contributed by atoms with Crippen LogP contribution >= 0.6 is 0 Å². The molecule has 0 radical (unpaired) electrons. The fourth-order valence-corrected chi connectivity index (χ4v) is 3.53. The lowest BCUT2D eigenvalue weighted by molar-refractivity contribution is -0.122. The van der Waals surface area contributed by atoms with Crippen LogP contribution in [0.3, 0.4) is 0 Å². The van der Waals surface area contributed by atoms with Crippen molar-refractivity contribution in [2.24, 2.45) is 0 Å². The van der Waals surface area contributed by atoms with Gasteiger partial charge in [-0.05, 0) is 24.3 Å². The van der Waals surface area contributed by atoms with Crippen LogP contribution in [-0.4, -0.2) is 67.9 Å². The molecule has 28 heavy (non-hydrogen) atoms. The van der Waals surface area contributed by atoms with E-state index in [1.165, 1.54) is 0 Å². The second kappa shape index (κ2) is 8.39. The van der Waals surface area contributed by atoms with E-state index in [-0.39, 0.29) is 12.0 Å². The summed E-state index contributed by atoms with van der Waals surface area (Å²) in [6.45, 7) is 4.32. The molecule has 4 rings (SSSR count). The zero-order valence-electron chi connectivity index (χ0n) is 15.7. The topological polar surface area (TPSA) is 74.3 Å². The van der Waals surface area contributed by atoms with Gasteiger partial charge < -0.3 is 24.8 Å². The van der Waals surface area contributed by atoms with Crippen LogP contribution in [0.2, 0.25) is 0 Å². The maximum absolute atomic E-state index is 12.3. The summed E-state index contributed by atoms with van der Waals surface area (Å²) in [5.74, 6) is 1.74. The number of phenols is 1. The number of hydrogen-bond acceptors (Lipinski definition) is 6. The number of benzene rings is 2.